The SMILES string of the molecule is c1ccc(-c2cc(-c3cc(-c4cccc5cnccc45)cc(-c4cccc5cnccc45)c3)cc(-c3ccccc3)n2)cc1. The predicted molar refractivity (Wildman–Crippen MR) is 182 cm³/mol. The van der Waals surface area contributed by atoms with Gasteiger partial charge in [0.05, 0.1) is 11.4 Å². The summed E-state index contributed by atoms with van der Waals surface area (Å²) in [5, 5.41) is 4.60. The molecule has 8 aromatic rings. The van der Waals surface area contributed by atoms with E-state index in [1.165, 1.54) is 21.9 Å². The van der Waals surface area contributed by atoms with Crippen molar-refractivity contribution in [2.24, 2.45) is 0 Å². The number of hydrogen-bond donors (Lipinski definition) is 0. The van der Waals surface area contributed by atoms with E-state index in [0.717, 1.165) is 55.5 Å². The Morgan fingerprint density at radius 3 is 1.30 bits per heavy atom. The lowest BCUT2D eigenvalue weighted by Gasteiger charge is -2.15. The van der Waals surface area contributed by atoms with Crippen LogP contribution in [0.25, 0.3) is 77.4 Å². The van der Waals surface area contributed by atoms with Crippen LogP contribution in [0.4, 0.5) is 0 Å². The number of nitrogens with zero attached hydrogens (tertiary/aromatic N) is 3. The summed E-state index contributed by atoms with van der Waals surface area (Å²) in [7, 11) is 0. The molecule has 44 heavy (non-hydrogen) atoms. The highest BCUT2D eigenvalue weighted by Gasteiger charge is 2.14. The largest absolute Gasteiger partial charge is 0.264 e. The van der Waals surface area contributed by atoms with Gasteiger partial charge in [-0.25, -0.2) is 4.98 Å². The van der Waals surface area contributed by atoms with Gasteiger partial charge in [-0.2, -0.15) is 0 Å². The summed E-state index contributed by atoms with van der Waals surface area (Å²) < 4.78 is 0. The maximum atomic E-state index is 5.13. The molecule has 0 spiro atoms. The van der Waals surface area contributed by atoms with Crippen molar-refractivity contribution >= 4 is 21.5 Å². The Labute approximate surface area is 256 Å². The number of aromatic nitrogens is 3. The average molecular weight is 562 g/mol. The van der Waals surface area contributed by atoms with Crippen LogP contribution < -0.4 is 0 Å². The summed E-state index contributed by atoms with van der Waals surface area (Å²) in [6, 6.07) is 49.3. The molecule has 3 aromatic heterocycles. The average Bonchev–Trinajstić information content (AvgIpc) is 3.11. The van der Waals surface area contributed by atoms with Gasteiger partial charge in [0.25, 0.3) is 0 Å². The van der Waals surface area contributed by atoms with Crippen LogP contribution in [0, 0.1) is 0 Å². The molecular formula is C41H27N3. The van der Waals surface area contributed by atoms with Crippen molar-refractivity contribution < 1.29 is 0 Å². The lowest BCUT2D eigenvalue weighted by molar-refractivity contribution is 1.32. The lowest BCUT2D eigenvalue weighted by Crippen LogP contribution is -1.93. The van der Waals surface area contributed by atoms with Crippen molar-refractivity contribution in [2.75, 3.05) is 0 Å². The molecule has 0 unspecified atom stereocenters. The van der Waals surface area contributed by atoms with Gasteiger partial charge in [0.15, 0.2) is 0 Å². The summed E-state index contributed by atoms with van der Waals surface area (Å²) in [6.45, 7) is 0. The topological polar surface area (TPSA) is 38.7 Å². The van der Waals surface area contributed by atoms with Crippen LogP contribution in [0.2, 0.25) is 0 Å². The van der Waals surface area contributed by atoms with Gasteiger partial charge in [-0.05, 0) is 86.6 Å². The van der Waals surface area contributed by atoms with Crippen molar-refractivity contribution in [2.45, 2.75) is 0 Å². The van der Waals surface area contributed by atoms with Crippen LogP contribution >= 0.6 is 0 Å². The second-order valence-corrected chi connectivity index (χ2v) is 11.0. The Morgan fingerprint density at radius 1 is 0.341 bits per heavy atom. The molecule has 0 atom stereocenters. The van der Waals surface area contributed by atoms with Gasteiger partial charge in [0.1, 0.15) is 0 Å². The van der Waals surface area contributed by atoms with Crippen LogP contribution in [-0.2, 0) is 0 Å². The quantitative estimate of drug-likeness (QED) is 0.210. The van der Waals surface area contributed by atoms with E-state index >= 15 is 0 Å². The molecule has 0 aliphatic carbocycles. The molecule has 206 valence electrons. The molecule has 0 saturated heterocycles. The molecule has 0 N–H and O–H groups in total. The minimum atomic E-state index is 0.946. The number of pyridine rings is 3. The van der Waals surface area contributed by atoms with Crippen molar-refractivity contribution in [3.05, 3.63) is 164 Å². The van der Waals surface area contributed by atoms with Crippen LogP contribution in [0.1, 0.15) is 0 Å². The third kappa shape index (κ3) is 4.81. The highest BCUT2D eigenvalue weighted by molar-refractivity contribution is 6.01. The molecular weight excluding hydrogens is 534 g/mol. The zero-order chi connectivity index (χ0) is 29.3. The van der Waals surface area contributed by atoms with Gasteiger partial charge in [-0.1, -0.05) is 97.1 Å². The molecule has 0 bridgehead atoms. The number of fused-ring (bicyclic) bond motifs is 2. The van der Waals surface area contributed by atoms with Gasteiger partial charge in [0.2, 0.25) is 0 Å². The van der Waals surface area contributed by atoms with E-state index in [9.17, 15) is 0 Å². The van der Waals surface area contributed by atoms with E-state index in [0.29, 0.717) is 0 Å². The third-order valence-electron chi connectivity index (χ3n) is 8.21. The Balaban J connectivity index is 1.41. The second kappa shape index (κ2) is 11.0. The van der Waals surface area contributed by atoms with Crippen molar-refractivity contribution in [1.82, 2.24) is 15.0 Å². The third-order valence-corrected chi connectivity index (χ3v) is 8.21. The van der Waals surface area contributed by atoms with Crippen molar-refractivity contribution in [3.63, 3.8) is 0 Å². The van der Waals surface area contributed by atoms with E-state index in [2.05, 4.69) is 137 Å². The first-order chi connectivity index (χ1) is 21.8. The van der Waals surface area contributed by atoms with Gasteiger partial charge in [-0.3, -0.25) is 9.97 Å². The van der Waals surface area contributed by atoms with Gasteiger partial charge >= 0.3 is 0 Å². The van der Waals surface area contributed by atoms with Crippen LogP contribution in [-0.4, -0.2) is 15.0 Å². The highest BCUT2D eigenvalue weighted by Crippen LogP contribution is 2.39. The monoisotopic (exact) mass is 561 g/mol. The fraction of sp³-hybridized carbons (Fsp3) is 0. The maximum Gasteiger partial charge on any atom is 0.0715 e. The Hall–Kier alpha value is -5.93. The van der Waals surface area contributed by atoms with Crippen LogP contribution in [0.5, 0.6) is 0 Å². The Kier molecular flexibility index (Phi) is 6.47. The van der Waals surface area contributed by atoms with Crippen molar-refractivity contribution in [1.29, 1.82) is 0 Å². The first kappa shape index (κ1) is 25.8. The van der Waals surface area contributed by atoms with Crippen LogP contribution in [0.3, 0.4) is 0 Å². The molecule has 0 amide bonds. The highest BCUT2D eigenvalue weighted by atomic mass is 14.7. The summed E-state index contributed by atoms with van der Waals surface area (Å²) >= 11 is 0. The molecule has 0 saturated carbocycles. The van der Waals surface area contributed by atoms with Gasteiger partial charge in [-0.15, -0.1) is 0 Å². The zero-order valence-electron chi connectivity index (χ0n) is 23.9. The molecule has 0 radical (unpaired) electrons. The number of rotatable bonds is 5. The number of hydrogen-bond acceptors (Lipinski definition) is 3. The molecule has 0 aliphatic rings. The molecule has 5 aromatic carbocycles. The standard InChI is InChI=1S/C41H27N3/c1-3-9-28(10-4-1)40-24-33(25-41(44-40)29-11-5-2-6-12-29)32-21-34(36-15-7-13-30-26-42-19-17-38(30)36)23-35(22-32)37-16-8-14-31-27-43-20-18-39(31)37/h1-27H. The fourth-order valence-corrected chi connectivity index (χ4v) is 6.06. The Bertz CT molecular complexity index is 2110. The van der Waals surface area contributed by atoms with E-state index in [1.807, 2.05) is 36.9 Å². The predicted octanol–water partition coefficient (Wildman–Crippen LogP) is 10.5. The molecule has 3 heteroatoms. The number of benzene rings is 5. The lowest BCUT2D eigenvalue weighted by atomic mass is 9.90. The minimum Gasteiger partial charge on any atom is -0.264 e. The molecule has 3 nitrogen and oxygen atoms in total. The fourth-order valence-electron chi connectivity index (χ4n) is 6.06. The Morgan fingerprint density at radius 2 is 0.795 bits per heavy atom. The first-order valence-corrected chi connectivity index (χ1v) is 14.7. The van der Waals surface area contributed by atoms with Gasteiger partial charge in [0, 0.05) is 46.7 Å². The first-order valence-electron chi connectivity index (χ1n) is 14.7. The summed E-state index contributed by atoms with van der Waals surface area (Å²) in [5.41, 5.74) is 11.0. The summed E-state index contributed by atoms with van der Waals surface area (Å²) in [6.07, 6.45) is 7.61. The van der Waals surface area contributed by atoms with Crippen molar-refractivity contribution in [3.8, 4) is 55.9 Å². The van der Waals surface area contributed by atoms with E-state index in [-0.39, 0.29) is 0 Å². The molecule has 0 fully saturated rings. The minimum absolute atomic E-state index is 0.946. The van der Waals surface area contributed by atoms with E-state index in [4.69, 9.17) is 4.98 Å². The van der Waals surface area contributed by atoms with Crippen LogP contribution in [0.15, 0.2) is 164 Å². The summed E-state index contributed by atoms with van der Waals surface area (Å²) in [5.74, 6) is 0. The molecule has 3 heterocycles. The second-order valence-electron chi connectivity index (χ2n) is 11.0. The van der Waals surface area contributed by atoms with E-state index in [1.54, 1.807) is 0 Å². The maximum absolute atomic E-state index is 5.13. The normalized spacial score (nSPS) is 11.2. The molecule has 8 rings (SSSR count). The smallest absolute Gasteiger partial charge is 0.0715 e. The van der Waals surface area contributed by atoms with Gasteiger partial charge < -0.3 is 0 Å². The zero-order valence-corrected chi connectivity index (χ0v) is 23.9. The van der Waals surface area contributed by atoms with E-state index < -0.39 is 0 Å². The summed E-state index contributed by atoms with van der Waals surface area (Å²) in [4.78, 5) is 13.9. The molecule has 0 aliphatic heterocycles.